The summed E-state index contributed by atoms with van der Waals surface area (Å²) in [5.41, 5.74) is 1.22. The predicted octanol–water partition coefficient (Wildman–Crippen LogP) is 1.14. The molecule has 4 rings (SSSR count). The molecule has 1 aromatic carbocycles. The number of benzene rings is 1. The van der Waals surface area contributed by atoms with E-state index in [1.54, 1.807) is 24.3 Å². The molecule has 4 aromatic rings. The standard InChI is InChI=1S/C16H10N4O2.H2O/c21-15(12-7-3-4-8-17-12)20-14-13(19-16(20)22)9-10-5-1-2-6-11(10)18-14;/h1-9H,(H,19,22);1H2. The van der Waals surface area contributed by atoms with Gasteiger partial charge in [-0.25, -0.2) is 14.3 Å². The van der Waals surface area contributed by atoms with E-state index in [2.05, 4.69) is 15.0 Å². The molecule has 0 fully saturated rings. The molecule has 23 heavy (non-hydrogen) atoms. The predicted molar refractivity (Wildman–Crippen MR) is 85.4 cm³/mol. The average molecular weight is 308 g/mol. The van der Waals surface area contributed by atoms with E-state index >= 15 is 0 Å². The van der Waals surface area contributed by atoms with E-state index in [-0.39, 0.29) is 11.2 Å². The number of hydrogen-bond acceptors (Lipinski definition) is 4. The zero-order valence-electron chi connectivity index (χ0n) is 11.9. The van der Waals surface area contributed by atoms with Crippen LogP contribution in [-0.2, 0) is 0 Å². The molecule has 0 atom stereocenters. The van der Waals surface area contributed by atoms with Crippen LogP contribution in [-0.4, -0.2) is 30.9 Å². The minimum atomic E-state index is -0.520. The fourth-order valence-electron chi connectivity index (χ4n) is 2.43. The van der Waals surface area contributed by atoms with Gasteiger partial charge in [0, 0.05) is 11.6 Å². The summed E-state index contributed by atoms with van der Waals surface area (Å²) in [6.07, 6.45) is 1.51. The molecule has 7 heteroatoms. The highest BCUT2D eigenvalue weighted by Gasteiger charge is 2.18. The van der Waals surface area contributed by atoms with Gasteiger partial charge in [-0.1, -0.05) is 24.3 Å². The lowest BCUT2D eigenvalue weighted by Gasteiger charge is -2.02. The topological polar surface area (TPSA) is 112 Å². The Hall–Kier alpha value is -3.32. The molecule has 0 aliphatic heterocycles. The molecule has 114 valence electrons. The molecule has 0 aliphatic carbocycles. The molecule has 0 amide bonds. The lowest BCUT2D eigenvalue weighted by atomic mass is 10.2. The number of pyridine rings is 2. The van der Waals surface area contributed by atoms with Gasteiger partial charge in [0.15, 0.2) is 5.65 Å². The second-order valence-electron chi connectivity index (χ2n) is 4.84. The van der Waals surface area contributed by atoms with Crippen LogP contribution in [0, 0.1) is 0 Å². The van der Waals surface area contributed by atoms with Crippen molar-refractivity contribution < 1.29 is 10.3 Å². The van der Waals surface area contributed by atoms with E-state index in [0.717, 1.165) is 15.5 Å². The van der Waals surface area contributed by atoms with Crippen LogP contribution < -0.4 is 5.69 Å². The number of nitrogens with zero attached hydrogens (tertiary/aromatic N) is 3. The molecule has 0 spiro atoms. The molecule has 0 aliphatic rings. The third-order valence-electron chi connectivity index (χ3n) is 3.45. The van der Waals surface area contributed by atoms with E-state index in [4.69, 9.17) is 0 Å². The largest absolute Gasteiger partial charge is 0.412 e. The Morgan fingerprint density at radius 2 is 1.87 bits per heavy atom. The van der Waals surface area contributed by atoms with Crippen molar-refractivity contribution in [2.24, 2.45) is 0 Å². The van der Waals surface area contributed by atoms with Crippen LogP contribution in [0.1, 0.15) is 10.5 Å². The van der Waals surface area contributed by atoms with Crippen LogP contribution in [0.3, 0.4) is 0 Å². The van der Waals surface area contributed by atoms with Crippen LogP contribution >= 0.6 is 0 Å². The third kappa shape index (κ3) is 2.29. The third-order valence-corrected chi connectivity index (χ3v) is 3.45. The highest BCUT2D eigenvalue weighted by atomic mass is 16.2. The first kappa shape index (κ1) is 14.6. The summed E-state index contributed by atoms with van der Waals surface area (Å²) < 4.78 is 1.02. The number of rotatable bonds is 1. The Bertz CT molecular complexity index is 1070. The number of hydrogen-bond donors (Lipinski definition) is 1. The summed E-state index contributed by atoms with van der Waals surface area (Å²) in [6, 6.07) is 14.3. The number of aromatic amines is 1. The van der Waals surface area contributed by atoms with Crippen LogP contribution in [0.5, 0.6) is 0 Å². The van der Waals surface area contributed by atoms with Gasteiger partial charge in [-0.3, -0.25) is 9.78 Å². The van der Waals surface area contributed by atoms with Gasteiger partial charge in [-0.2, -0.15) is 0 Å². The molecule has 3 heterocycles. The normalized spacial score (nSPS) is 10.6. The zero-order valence-corrected chi connectivity index (χ0v) is 11.9. The molecular formula is C16H12N4O3. The lowest BCUT2D eigenvalue weighted by Crippen LogP contribution is -2.25. The van der Waals surface area contributed by atoms with Crippen molar-refractivity contribution >= 4 is 28.0 Å². The second kappa shape index (κ2) is 5.47. The van der Waals surface area contributed by atoms with Crippen molar-refractivity contribution in [1.82, 2.24) is 19.5 Å². The minimum Gasteiger partial charge on any atom is -0.412 e. The number of aromatic nitrogens is 4. The van der Waals surface area contributed by atoms with E-state index in [0.29, 0.717) is 11.2 Å². The van der Waals surface area contributed by atoms with Crippen molar-refractivity contribution in [3.63, 3.8) is 0 Å². The van der Waals surface area contributed by atoms with Crippen LogP contribution in [0.4, 0.5) is 0 Å². The first-order valence-corrected chi connectivity index (χ1v) is 6.70. The summed E-state index contributed by atoms with van der Waals surface area (Å²) in [4.78, 5) is 35.8. The molecule has 0 saturated carbocycles. The van der Waals surface area contributed by atoms with Gasteiger partial charge in [-0.15, -0.1) is 0 Å². The fraction of sp³-hybridized carbons (Fsp3) is 0. The smallest absolute Gasteiger partial charge is 0.334 e. The van der Waals surface area contributed by atoms with Crippen molar-refractivity contribution in [2.75, 3.05) is 0 Å². The number of H-pyrrole nitrogens is 1. The highest BCUT2D eigenvalue weighted by Crippen LogP contribution is 2.17. The second-order valence-corrected chi connectivity index (χ2v) is 4.84. The number of nitrogens with one attached hydrogen (secondary N) is 1. The summed E-state index contributed by atoms with van der Waals surface area (Å²) in [7, 11) is 0. The molecule has 0 bridgehead atoms. The zero-order chi connectivity index (χ0) is 15.1. The van der Waals surface area contributed by atoms with Crippen LogP contribution in [0.15, 0.2) is 59.5 Å². The Balaban J connectivity index is 0.00000156. The van der Waals surface area contributed by atoms with E-state index in [1.165, 1.54) is 6.20 Å². The fourth-order valence-corrected chi connectivity index (χ4v) is 2.43. The average Bonchev–Trinajstić information content (AvgIpc) is 2.87. The molecule has 0 unspecified atom stereocenters. The Kier molecular flexibility index (Phi) is 3.47. The Labute approximate surface area is 129 Å². The van der Waals surface area contributed by atoms with Crippen molar-refractivity contribution in [1.29, 1.82) is 0 Å². The highest BCUT2D eigenvalue weighted by molar-refractivity contribution is 6.00. The van der Waals surface area contributed by atoms with Crippen LogP contribution in [0.2, 0.25) is 0 Å². The van der Waals surface area contributed by atoms with Crippen molar-refractivity contribution in [2.45, 2.75) is 0 Å². The summed E-state index contributed by atoms with van der Waals surface area (Å²) in [5.74, 6) is -0.500. The first-order chi connectivity index (χ1) is 10.7. The van der Waals surface area contributed by atoms with Gasteiger partial charge in [0.1, 0.15) is 5.69 Å². The number of carbonyl (C=O) groups excluding carboxylic acids is 1. The number of carbonyl (C=O) groups is 1. The maximum absolute atomic E-state index is 12.5. The SMILES string of the molecule is O.O=C(c1ccccn1)n1c(=O)[nH]c2cc3ccccc3nc21. The van der Waals surface area contributed by atoms with Gasteiger partial charge in [0.25, 0.3) is 5.91 Å². The lowest BCUT2D eigenvalue weighted by molar-refractivity contribution is 0.0955. The molecule has 0 saturated heterocycles. The maximum Gasteiger partial charge on any atom is 0.334 e. The monoisotopic (exact) mass is 308 g/mol. The quantitative estimate of drug-likeness (QED) is 0.568. The molecular weight excluding hydrogens is 296 g/mol. The summed E-state index contributed by atoms with van der Waals surface area (Å²) >= 11 is 0. The maximum atomic E-state index is 12.5. The Morgan fingerprint density at radius 3 is 2.65 bits per heavy atom. The van der Waals surface area contributed by atoms with Gasteiger partial charge in [0.05, 0.1) is 11.0 Å². The molecule has 3 N–H and O–H groups in total. The number of fused-ring (bicyclic) bond motifs is 2. The first-order valence-electron chi connectivity index (χ1n) is 6.70. The number of para-hydroxylation sites is 1. The molecule has 3 aromatic heterocycles. The van der Waals surface area contributed by atoms with Gasteiger partial charge < -0.3 is 10.5 Å². The number of imidazole rings is 1. The van der Waals surface area contributed by atoms with Crippen molar-refractivity contribution in [3.8, 4) is 0 Å². The van der Waals surface area contributed by atoms with E-state index < -0.39 is 11.6 Å². The van der Waals surface area contributed by atoms with Gasteiger partial charge in [0.2, 0.25) is 0 Å². The van der Waals surface area contributed by atoms with E-state index in [9.17, 15) is 9.59 Å². The van der Waals surface area contributed by atoms with Crippen LogP contribution in [0.25, 0.3) is 22.1 Å². The molecule has 7 nitrogen and oxygen atoms in total. The molecule has 0 radical (unpaired) electrons. The van der Waals surface area contributed by atoms with Gasteiger partial charge in [-0.05, 0) is 24.3 Å². The van der Waals surface area contributed by atoms with E-state index in [1.807, 2.05) is 24.3 Å². The van der Waals surface area contributed by atoms with Crippen molar-refractivity contribution in [3.05, 3.63) is 70.9 Å². The van der Waals surface area contributed by atoms with Gasteiger partial charge >= 0.3 is 5.69 Å². The summed E-state index contributed by atoms with van der Waals surface area (Å²) in [6.45, 7) is 0. The summed E-state index contributed by atoms with van der Waals surface area (Å²) in [5, 5.41) is 0.897. The minimum absolute atomic E-state index is 0. The Morgan fingerprint density at radius 1 is 1.09 bits per heavy atom.